The SMILES string of the molecule is Cc1cnc(NCC(C)c2ccc(C(F)(F)F)cc2)nc1. The molecule has 1 aromatic carbocycles. The summed E-state index contributed by atoms with van der Waals surface area (Å²) in [6.07, 6.45) is -0.883. The molecule has 1 N–H and O–H groups in total. The maximum Gasteiger partial charge on any atom is 0.416 e. The highest BCUT2D eigenvalue weighted by Crippen LogP contribution is 2.30. The molecule has 112 valence electrons. The molecule has 1 aromatic heterocycles. The standard InChI is InChI=1S/C15H16F3N3/c1-10-7-19-14(20-8-10)21-9-11(2)12-3-5-13(6-4-12)15(16,17)18/h3-8,11H,9H2,1-2H3,(H,19,20,21). The van der Waals surface area contributed by atoms with Crippen LogP contribution >= 0.6 is 0 Å². The first-order chi connectivity index (χ1) is 9.86. The van der Waals surface area contributed by atoms with Crippen LogP contribution in [-0.2, 0) is 6.18 Å². The second-order valence-corrected chi connectivity index (χ2v) is 4.99. The molecule has 0 fully saturated rings. The normalized spacial score (nSPS) is 13.0. The summed E-state index contributed by atoms with van der Waals surface area (Å²) >= 11 is 0. The van der Waals surface area contributed by atoms with E-state index in [9.17, 15) is 13.2 Å². The third kappa shape index (κ3) is 4.18. The Bertz CT molecular complexity index is 577. The average Bonchev–Trinajstić information content (AvgIpc) is 2.45. The van der Waals surface area contributed by atoms with Gasteiger partial charge in [0, 0.05) is 18.9 Å². The lowest BCUT2D eigenvalue weighted by atomic mass is 10.00. The van der Waals surface area contributed by atoms with Gasteiger partial charge in [0.1, 0.15) is 0 Å². The maximum absolute atomic E-state index is 12.5. The van der Waals surface area contributed by atoms with Crippen molar-refractivity contribution in [3.05, 3.63) is 53.3 Å². The van der Waals surface area contributed by atoms with E-state index in [1.165, 1.54) is 12.1 Å². The van der Waals surface area contributed by atoms with E-state index in [0.717, 1.165) is 23.3 Å². The van der Waals surface area contributed by atoms with Crippen LogP contribution < -0.4 is 5.32 Å². The van der Waals surface area contributed by atoms with Gasteiger partial charge in [-0.3, -0.25) is 0 Å². The molecule has 1 atom stereocenters. The Morgan fingerprint density at radius 1 is 1.10 bits per heavy atom. The number of halogens is 3. The number of alkyl halides is 3. The van der Waals surface area contributed by atoms with E-state index in [1.807, 2.05) is 13.8 Å². The van der Waals surface area contributed by atoms with Gasteiger partial charge in [-0.05, 0) is 36.1 Å². The highest BCUT2D eigenvalue weighted by atomic mass is 19.4. The summed E-state index contributed by atoms with van der Waals surface area (Å²) in [5, 5.41) is 3.07. The van der Waals surface area contributed by atoms with E-state index in [1.54, 1.807) is 12.4 Å². The highest BCUT2D eigenvalue weighted by Gasteiger charge is 2.30. The van der Waals surface area contributed by atoms with Crippen molar-refractivity contribution in [2.24, 2.45) is 0 Å². The predicted molar refractivity (Wildman–Crippen MR) is 75.1 cm³/mol. The molecule has 0 aliphatic heterocycles. The summed E-state index contributed by atoms with van der Waals surface area (Å²) < 4.78 is 37.5. The Balaban J connectivity index is 1.97. The number of aromatic nitrogens is 2. The lowest BCUT2D eigenvalue weighted by Crippen LogP contribution is -2.12. The molecule has 1 heterocycles. The second-order valence-electron chi connectivity index (χ2n) is 4.99. The lowest BCUT2D eigenvalue weighted by molar-refractivity contribution is -0.137. The number of benzene rings is 1. The number of nitrogens with one attached hydrogen (secondary N) is 1. The van der Waals surface area contributed by atoms with Crippen molar-refractivity contribution in [3.63, 3.8) is 0 Å². The predicted octanol–water partition coefficient (Wildman–Crippen LogP) is 4.02. The van der Waals surface area contributed by atoms with Crippen LogP contribution in [0.2, 0.25) is 0 Å². The fourth-order valence-corrected chi connectivity index (χ4v) is 1.85. The summed E-state index contributed by atoms with van der Waals surface area (Å²) in [6.45, 7) is 4.38. The Labute approximate surface area is 121 Å². The van der Waals surface area contributed by atoms with Crippen molar-refractivity contribution in [3.8, 4) is 0 Å². The van der Waals surface area contributed by atoms with Gasteiger partial charge in [0.2, 0.25) is 5.95 Å². The molecule has 0 spiro atoms. The number of hydrogen-bond acceptors (Lipinski definition) is 3. The van der Waals surface area contributed by atoms with Crippen LogP contribution in [-0.4, -0.2) is 16.5 Å². The summed E-state index contributed by atoms with van der Waals surface area (Å²) in [7, 11) is 0. The van der Waals surface area contributed by atoms with Crippen LogP contribution in [0.25, 0.3) is 0 Å². The van der Waals surface area contributed by atoms with E-state index in [0.29, 0.717) is 12.5 Å². The summed E-state index contributed by atoms with van der Waals surface area (Å²) in [5.41, 5.74) is 1.17. The largest absolute Gasteiger partial charge is 0.416 e. The second kappa shape index (κ2) is 6.11. The van der Waals surface area contributed by atoms with Gasteiger partial charge in [-0.2, -0.15) is 13.2 Å². The van der Waals surface area contributed by atoms with Gasteiger partial charge >= 0.3 is 6.18 Å². The minimum Gasteiger partial charge on any atom is -0.354 e. The van der Waals surface area contributed by atoms with Crippen molar-refractivity contribution in [1.82, 2.24) is 9.97 Å². The number of nitrogens with zero attached hydrogens (tertiary/aromatic N) is 2. The van der Waals surface area contributed by atoms with Crippen LogP contribution in [0.1, 0.15) is 29.5 Å². The van der Waals surface area contributed by atoms with Gasteiger partial charge in [0.15, 0.2) is 0 Å². The van der Waals surface area contributed by atoms with Gasteiger partial charge in [-0.15, -0.1) is 0 Å². The summed E-state index contributed by atoms with van der Waals surface area (Å²) in [4.78, 5) is 8.24. The van der Waals surface area contributed by atoms with E-state index >= 15 is 0 Å². The molecule has 2 aromatic rings. The Hall–Kier alpha value is -2.11. The molecule has 6 heteroatoms. The van der Waals surface area contributed by atoms with E-state index in [4.69, 9.17) is 0 Å². The Morgan fingerprint density at radius 2 is 1.67 bits per heavy atom. The zero-order valence-corrected chi connectivity index (χ0v) is 11.8. The average molecular weight is 295 g/mol. The molecule has 0 aliphatic rings. The van der Waals surface area contributed by atoms with Crippen LogP contribution in [0.5, 0.6) is 0 Å². The van der Waals surface area contributed by atoms with Gasteiger partial charge < -0.3 is 5.32 Å². The summed E-state index contributed by atoms with van der Waals surface area (Å²) in [6, 6.07) is 5.22. The van der Waals surface area contributed by atoms with Crippen LogP contribution in [0, 0.1) is 6.92 Å². The smallest absolute Gasteiger partial charge is 0.354 e. The molecule has 2 rings (SSSR count). The van der Waals surface area contributed by atoms with Crippen molar-refractivity contribution in [1.29, 1.82) is 0 Å². The fraction of sp³-hybridized carbons (Fsp3) is 0.333. The zero-order chi connectivity index (χ0) is 15.5. The third-order valence-electron chi connectivity index (χ3n) is 3.15. The monoisotopic (exact) mass is 295 g/mol. The quantitative estimate of drug-likeness (QED) is 0.925. The first-order valence-corrected chi connectivity index (χ1v) is 6.56. The molecule has 0 saturated carbocycles. The number of anilines is 1. The Kier molecular flexibility index (Phi) is 4.45. The van der Waals surface area contributed by atoms with E-state index < -0.39 is 11.7 Å². The first-order valence-electron chi connectivity index (χ1n) is 6.56. The minimum atomic E-state index is -4.30. The van der Waals surface area contributed by atoms with Crippen LogP contribution in [0.15, 0.2) is 36.7 Å². The first kappa shape index (κ1) is 15.3. The number of hydrogen-bond donors (Lipinski definition) is 1. The van der Waals surface area contributed by atoms with Crippen LogP contribution in [0.3, 0.4) is 0 Å². The molecule has 1 unspecified atom stereocenters. The van der Waals surface area contributed by atoms with Crippen LogP contribution in [0.4, 0.5) is 19.1 Å². The van der Waals surface area contributed by atoms with Crippen molar-refractivity contribution in [2.75, 3.05) is 11.9 Å². The molecular formula is C15H16F3N3. The highest BCUT2D eigenvalue weighted by molar-refractivity contribution is 5.30. The molecule has 0 radical (unpaired) electrons. The van der Waals surface area contributed by atoms with Crippen molar-refractivity contribution in [2.45, 2.75) is 25.9 Å². The number of rotatable bonds is 4. The molecule has 0 amide bonds. The van der Waals surface area contributed by atoms with Gasteiger partial charge in [0.25, 0.3) is 0 Å². The van der Waals surface area contributed by atoms with Crippen molar-refractivity contribution >= 4 is 5.95 Å². The molecular weight excluding hydrogens is 279 g/mol. The van der Waals surface area contributed by atoms with Gasteiger partial charge in [0.05, 0.1) is 5.56 Å². The van der Waals surface area contributed by atoms with Gasteiger partial charge in [-0.1, -0.05) is 19.1 Å². The number of aryl methyl sites for hydroxylation is 1. The lowest BCUT2D eigenvalue weighted by Gasteiger charge is -2.14. The van der Waals surface area contributed by atoms with E-state index in [2.05, 4.69) is 15.3 Å². The minimum absolute atomic E-state index is 0.0530. The molecule has 0 saturated heterocycles. The maximum atomic E-state index is 12.5. The van der Waals surface area contributed by atoms with Gasteiger partial charge in [-0.25, -0.2) is 9.97 Å². The van der Waals surface area contributed by atoms with Crippen molar-refractivity contribution < 1.29 is 13.2 Å². The molecule has 0 aliphatic carbocycles. The third-order valence-corrected chi connectivity index (χ3v) is 3.15. The molecule has 21 heavy (non-hydrogen) atoms. The van der Waals surface area contributed by atoms with E-state index in [-0.39, 0.29) is 5.92 Å². The zero-order valence-electron chi connectivity index (χ0n) is 11.8. The topological polar surface area (TPSA) is 37.8 Å². The summed E-state index contributed by atoms with van der Waals surface area (Å²) in [5.74, 6) is 0.566. The molecule has 3 nitrogen and oxygen atoms in total. The molecule has 0 bridgehead atoms. The Morgan fingerprint density at radius 3 is 2.19 bits per heavy atom. The fourth-order valence-electron chi connectivity index (χ4n) is 1.85.